The molecule has 0 heterocycles. The highest BCUT2D eigenvalue weighted by Crippen LogP contribution is 2.39. The maximum Gasteiger partial charge on any atom is 0.407 e. The van der Waals surface area contributed by atoms with Gasteiger partial charge in [-0.2, -0.15) is 0 Å². The van der Waals surface area contributed by atoms with Gasteiger partial charge < -0.3 is 30.2 Å². The lowest BCUT2D eigenvalue weighted by Gasteiger charge is -2.41. The van der Waals surface area contributed by atoms with Crippen LogP contribution in [-0.4, -0.2) is 67.6 Å². The van der Waals surface area contributed by atoms with Crippen molar-refractivity contribution in [2.75, 3.05) is 6.54 Å². The normalized spacial score (nSPS) is 21.6. The van der Waals surface area contributed by atoms with Crippen LogP contribution in [0.15, 0.2) is 42.5 Å². The summed E-state index contributed by atoms with van der Waals surface area (Å²) in [7, 11) is -1.81. The van der Waals surface area contributed by atoms with E-state index in [2.05, 4.69) is 49.8 Å². The third-order valence-electron chi connectivity index (χ3n) is 11.2. The predicted molar refractivity (Wildman–Crippen MR) is 211 cm³/mol. The number of amides is 3. The smallest absolute Gasteiger partial charge is 0.407 e. The van der Waals surface area contributed by atoms with E-state index in [4.69, 9.17) is 9.16 Å². The fraction of sp³-hybridized carbons (Fsp3) is 0.619. The van der Waals surface area contributed by atoms with E-state index in [9.17, 15) is 24.3 Å². The van der Waals surface area contributed by atoms with Crippen molar-refractivity contribution in [2.24, 2.45) is 11.8 Å². The summed E-state index contributed by atoms with van der Waals surface area (Å²) in [5.74, 6) is -1.38. The van der Waals surface area contributed by atoms with Crippen LogP contribution in [0.5, 0.6) is 0 Å². The topological polar surface area (TPSA) is 143 Å². The molecule has 0 radical (unpaired) electrons. The van der Waals surface area contributed by atoms with Crippen LogP contribution in [0.4, 0.5) is 4.79 Å². The molecular formula is C42H63N3O7Si. The Bertz CT molecular complexity index is 1580. The number of hydrogen-bond donors (Lipinski definition) is 4. The zero-order valence-electron chi connectivity index (χ0n) is 33.4. The molecule has 0 aliphatic heterocycles. The van der Waals surface area contributed by atoms with E-state index in [0.717, 1.165) is 60.8 Å². The highest BCUT2D eigenvalue weighted by molar-refractivity contribution is 6.74. The first-order valence-electron chi connectivity index (χ1n) is 19.4. The molecule has 2 aromatic carbocycles. The van der Waals surface area contributed by atoms with Crippen molar-refractivity contribution < 1.29 is 33.4 Å². The molecule has 2 aliphatic rings. The largest absolute Gasteiger partial charge is 0.480 e. The number of carboxylic acids is 1. The van der Waals surface area contributed by atoms with Gasteiger partial charge in [-0.3, -0.25) is 9.59 Å². The van der Waals surface area contributed by atoms with E-state index in [0.29, 0.717) is 24.9 Å². The zero-order valence-corrected chi connectivity index (χ0v) is 34.4. The number of rotatable bonds is 12. The zero-order chi connectivity index (χ0) is 39.1. The van der Waals surface area contributed by atoms with Crippen LogP contribution >= 0.6 is 0 Å². The van der Waals surface area contributed by atoms with Gasteiger partial charge in [0.05, 0.1) is 0 Å². The average Bonchev–Trinajstić information content (AvgIpc) is 3.07. The number of nitrogens with one attached hydrogen (secondary N) is 3. The molecule has 2 fully saturated rings. The quantitative estimate of drug-likeness (QED) is 0.160. The molecule has 4 rings (SSSR count). The van der Waals surface area contributed by atoms with Crippen LogP contribution in [0, 0.1) is 18.8 Å². The van der Waals surface area contributed by atoms with Gasteiger partial charge in [0.15, 0.2) is 8.32 Å². The van der Waals surface area contributed by atoms with Crippen molar-refractivity contribution in [3.63, 3.8) is 0 Å². The number of aryl methyl sites for hydroxylation is 1. The van der Waals surface area contributed by atoms with Crippen molar-refractivity contribution in [2.45, 2.75) is 148 Å². The Labute approximate surface area is 317 Å². The number of aliphatic carboxylic acids is 1. The monoisotopic (exact) mass is 749 g/mol. The van der Waals surface area contributed by atoms with Crippen molar-refractivity contribution in [1.82, 2.24) is 16.0 Å². The van der Waals surface area contributed by atoms with Crippen molar-refractivity contribution in [3.05, 3.63) is 59.2 Å². The summed E-state index contributed by atoms with van der Waals surface area (Å²) in [5, 5.41) is 19.0. The minimum Gasteiger partial charge on any atom is -0.480 e. The number of carbonyl (C=O) groups is 4. The van der Waals surface area contributed by atoms with Crippen LogP contribution in [0.3, 0.4) is 0 Å². The number of ether oxygens (including phenoxy) is 1. The summed E-state index contributed by atoms with van der Waals surface area (Å²) in [5.41, 5.74) is 3.81. The van der Waals surface area contributed by atoms with Gasteiger partial charge in [0, 0.05) is 36.6 Å². The van der Waals surface area contributed by atoms with E-state index in [-0.39, 0.29) is 47.3 Å². The maximum absolute atomic E-state index is 13.2. The summed E-state index contributed by atoms with van der Waals surface area (Å²) in [6, 6.07) is 12.5. The average molecular weight is 750 g/mol. The predicted octanol–water partition coefficient (Wildman–Crippen LogP) is 8.17. The third kappa shape index (κ3) is 12.4. The molecule has 0 aromatic heterocycles. The minimum absolute atomic E-state index is 0.0613. The summed E-state index contributed by atoms with van der Waals surface area (Å²) >= 11 is 0. The van der Waals surface area contributed by atoms with Gasteiger partial charge in [-0.25, -0.2) is 9.59 Å². The molecule has 4 N–H and O–H groups in total. The molecule has 292 valence electrons. The fourth-order valence-electron chi connectivity index (χ4n) is 7.03. The fourth-order valence-corrected chi connectivity index (χ4v) is 8.45. The molecule has 1 atom stereocenters. The second-order valence-corrected chi connectivity index (χ2v) is 22.5. The lowest BCUT2D eigenvalue weighted by atomic mass is 9.81. The second kappa shape index (κ2) is 17.6. The van der Waals surface area contributed by atoms with Crippen molar-refractivity contribution in [1.29, 1.82) is 0 Å². The summed E-state index contributed by atoms with van der Waals surface area (Å²) in [6.07, 6.45) is 6.56. The van der Waals surface area contributed by atoms with E-state index in [1.807, 2.05) is 70.2 Å². The summed E-state index contributed by atoms with van der Waals surface area (Å²) in [6.45, 7) is 19.3. The first-order valence-corrected chi connectivity index (χ1v) is 22.3. The molecule has 0 unspecified atom stereocenters. The number of hydrogen-bond acceptors (Lipinski definition) is 6. The number of carboxylic acid groups (broad SMARTS) is 1. The second-order valence-electron chi connectivity index (χ2n) is 17.8. The molecule has 0 saturated heterocycles. The van der Waals surface area contributed by atoms with Gasteiger partial charge in [0.1, 0.15) is 11.6 Å². The first kappa shape index (κ1) is 42.0. The third-order valence-corrected chi connectivity index (χ3v) is 15.8. The molecule has 0 spiro atoms. The van der Waals surface area contributed by atoms with Crippen LogP contribution < -0.4 is 16.0 Å². The number of benzene rings is 2. The van der Waals surface area contributed by atoms with Gasteiger partial charge in [0.2, 0.25) is 5.91 Å². The molecule has 3 amide bonds. The summed E-state index contributed by atoms with van der Waals surface area (Å²) < 4.78 is 11.9. The molecule has 0 bridgehead atoms. The van der Waals surface area contributed by atoms with Crippen LogP contribution in [0.1, 0.15) is 114 Å². The lowest BCUT2D eigenvalue weighted by molar-refractivity contribution is -0.142. The van der Waals surface area contributed by atoms with Crippen LogP contribution in [0.2, 0.25) is 18.1 Å². The maximum atomic E-state index is 13.2. The van der Waals surface area contributed by atoms with Gasteiger partial charge in [-0.15, -0.1) is 0 Å². The van der Waals surface area contributed by atoms with Gasteiger partial charge in [0.25, 0.3) is 5.91 Å². The van der Waals surface area contributed by atoms with Crippen molar-refractivity contribution >= 4 is 32.2 Å². The van der Waals surface area contributed by atoms with Crippen LogP contribution in [-0.2, 0) is 25.2 Å². The molecular weight excluding hydrogens is 687 g/mol. The van der Waals surface area contributed by atoms with E-state index >= 15 is 0 Å². The Morgan fingerprint density at radius 1 is 0.868 bits per heavy atom. The summed E-state index contributed by atoms with van der Waals surface area (Å²) in [4.78, 5) is 50.4. The van der Waals surface area contributed by atoms with Gasteiger partial charge in [-0.05, 0) is 137 Å². The van der Waals surface area contributed by atoms with Crippen molar-refractivity contribution in [3.8, 4) is 11.1 Å². The number of alkyl carbamates (subject to hydrolysis) is 1. The van der Waals surface area contributed by atoms with E-state index < -0.39 is 32.0 Å². The highest BCUT2D eigenvalue weighted by atomic mass is 28.4. The molecule has 10 nitrogen and oxygen atoms in total. The Kier molecular flexibility index (Phi) is 14.0. The van der Waals surface area contributed by atoms with Gasteiger partial charge >= 0.3 is 12.1 Å². The first-order chi connectivity index (χ1) is 24.7. The molecule has 2 saturated carbocycles. The van der Waals surface area contributed by atoms with E-state index in [1.165, 1.54) is 0 Å². The minimum atomic E-state index is -1.81. The molecule has 53 heavy (non-hydrogen) atoms. The standard InChI is InChI=1S/C42H63N3O7Si/c1-27-24-32(38(47)44-33-19-21-34(22-20-33)52-53(8,9)42(5,6)7)18-23-35(27)30-14-10-28(11-15-30)25-36(39(48)49)45-37(46)31-16-12-29(13-17-31)26-43-40(50)51-41(2,3)4/h10-11,14-15,18,23-24,29,31,33-34,36H,12-13,16-17,19-22,25-26H2,1-9H3,(H,43,50)(H,44,47)(H,45,46)(H,48,49)/t29-,31-,33-,34-,36-/m0/s1. The molecule has 2 aromatic rings. The lowest BCUT2D eigenvalue weighted by Crippen LogP contribution is -2.46. The van der Waals surface area contributed by atoms with Crippen LogP contribution in [0.25, 0.3) is 11.1 Å². The Morgan fingerprint density at radius 2 is 1.49 bits per heavy atom. The highest BCUT2D eigenvalue weighted by Gasteiger charge is 2.40. The van der Waals surface area contributed by atoms with Gasteiger partial charge in [-0.1, -0.05) is 51.1 Å². The SMILES string of the molecule is Cc1cc(C(=O)N[C@H]2CC[C@H](O[Si](C)(C)C(C)(C)C)CC2)ccc1-c1ccc(C[C@H](NC(=O)[C@H]2CC[C@H](CNC(=O)OC(C)(C)C)CC2)C(=O)O)cc1. The Balaban J connectivity index is 1.25. The Hall–Kier alpha value is -3.70. The molecule has 11 heteroatoms. The molecule has 2 aliphatic carbocycles. The van der Waals surface area contributed by atoms with E-state index in [1.54, 1.807) is 0 Å². The Morgan fingerprint density at radius 3 is 2.04 bits per heavy atom. The number of carbonyl (C=O) groups excluding carboxylic acids is 3.